The number of nitrogens with zero attached hydrogens (tertiary/aromatic N) is 1. The van der Waals surface area contributed by atoms with Gasteiger partial charge in [0.05, 0.1) is 27.2 Å². The van der Waals surface area contributed by atoms with Crippen LogP contribution in [-0.2, 0) is 0 Å². The number of fused-ring (bicyclic) bond motifs is 1. The number of halogens is 1. The number of anilines is 1. The highest BCUT2D eigenvalue weighted by molar-refractivity contribution is 7.17. The van der Waals surface area contributed by atoms with Gasteiger partial charge >= 0.3 is 0 Å². The Balaban J connectivity index is 1.98. The molecule has 0 radical (unpaired) electrons. The molecule has 0 fully saturated rings. The molecular weight excluding hydrogens is 272 g/mol. The van der Waals surface area contributed by atoms with Crippen molar-refractivity contribution in [2.24, 2.45) is 0 Å². The molecule has 0 bridgehead atoms. The molecule has 0 aliphatic carbocycles. The van der Waals surface area contributed by atoms with E-state index in [1.807, 2.05) is 0 Å². The number of aromatic nitrogens is 1. The third kappa shape index (κ3) is 1.87. The summed E-state index contributed by atoms with van der Waals surface area (Å²) < 4.78 is 5.88. The van der Waals surface area contributed by atoms with Crippen molar-refractivity contribution in [1.82, 2.24) is 4.98 Å². The average molecular weight is 279 g/mol. The van der Waals surface area contributed by atoms with Crippen molar-refractivity contribution in [3.05, 3.63) is 46.8 Å². The van der Waals surface area contributed by atoms with Gasteiger partial charge in [-0.15, -0.1) is 11.3 Å². The van der Waals surface area contributed by atoms with Crippen LogP contribution in [0.5, 0.6) is 0 Å². The molecule has 6 heteroatoms. The Bertz CT molecular complexity index is 706. The van der Waals surface area contributed by atoms with Crippen LogP contribution >= 0.6 is 22.9 Å². The van der Waals surface area contributed by atoms with Gasteiger partial charge in [-0.3, -0.25) is 4.79 Å². The van der Waals surface area contributed by atoms with Gasteiger partial charge in [-0.05, 0) is 24.3 Å². The van der Waals surface area contributed by atoms with Crippen molar-refractivity contribution in [1.29, 1.82) is 0 Å². The Morgan fingerprint density at radius 1 is 1.39 bits per heavy atom. The van der Waals surface area contributed by atoms with Crippen LogP contribution in [0, 0.1) is 0 Å². The third-order valence-electron chi connectivity index (χ3n) is 2.43. The van der Waals surface area contributed by atoms with Gasteiger partial charge in [-0.25, -0.2) is 4.98 Å². The molecule has 1 N–H and O–H groups in total. The molecule has 2 heterocycles. The topological polar surface area (TPSA) is 55.1 Å². The average Bonchev–Trinajstić information content (AvgIpc) is 3.01. The maximum Gasteiger partial charge on any atom is 0.291 e. The van der Waals surface area contributed by atoms with Gasteiger partial charge in [0.25, 0.3) is 5.91 Å². The van der Waals surface area contributed by atoms with Crippen molar-refractivity contribution in [3.63, 3.8) is 0 Å². The van der Waals surface area contributed by atoms with E-state index in [-0.39, 0.29) is 11.7 Å². The summed E-state index contributed by atoms with van der Waals surface area (Å²) in [5.74, 6) is -0.0281. The molecule has 3 aromatic rings. The van der Waals surface area contributed by atoms with Crippen molar-refractivity contribution < 1.29 is 9.21 Å². The van der Waals surface area contributed by atoms with Gasteiger partial charge in [0.1, 0.15) is 5.52 Å². The lowest BCUT2D eigenvalue weighted by Gasteiger charge is -2.04. The van der Waals surface area contributed by atoms with Gasteiger partial charge in [0, 0.05) is 0 Å². The maximum absolute atomic E-state index is 11.9. The van der Waals surface area contributed by atoms with E-state index in [9.17, 15) is 4.79 Å². The Morgan fingerprint density at radius 3 is 3.06 bits per heavy atom. The summed E-state index contributed by atoms with van der Waals surface area (Å²) in [5.41, 5.74) is 3.07. The molecule has 3 rings (SSSR count). The van der Waals surface area contributed by atoms with Crippen LogP contribution in [0.15, 0.2) is 40.5 Å². The Labute approximate surface area is 111 Å². The van der Waals surface area contributed by atoms with E-state index in [0.717, 1.165) is 4.70 Å². The van der Waals surface area contributed by atoms with Crippen molar-refractivity contribution in [2.45, 2.75) is 0 Å². The number of hydrogen-bond donors (Lipinski definition) is 1. The molecule has 0 aliphatic heterocycles. The lowest BCUT2D eigenvalue weighted by atomic mass is 10.3. The van der Waals surface area contributed by atoms with Crippen LogP contribution in [0.25, 0.3) is 10.2 Å². The molecule has 1 aromatic carbocycles. The first-order valence-corrected chi connectivity index (χ1v) is 6.38. The number of carbonyl (C=O) groups excluding carboxylic acids is 1. The van der Waals surface area contributed by atoms with Gasteiger partial charge in [0.2, 0.25) is 0 Å². The number of nitrogens with one attached hydrogen (secondary N) is 1. The molecule has 0 saturated carbocycles. The second kappa shape index (κ2) is 4.44. The number of carbonyl (C=O) groups is 1. The van der Waals surface area contributed by atoms with E-state index in [1.54, 1.807) is 29.8 Å². The molecule has 1 amide bonds. The molecule has 18 heavy (non-hydrogen) atoms. The monoisotopic (exact) mass is 278 g/mol. The molecule has 4 nitrogen and oxygen atoms in total. The van der Waals surface area contributed by atoms with E-state index >= 15 is 0 Å². The van der Waals surface area contributed by atoms with Crippen molar-refractivity contribution >= 4 is 44.7 Å². The minimum Gasteiger partial charge on any atom is -0.459 e. The van der Waals surface area contributed by atoms with Crippen LogP contribution in [0.1, 0.15) is 10.6 Å². The van der Waals surface area contributed by atoms with E-state index < -0.39 is 0 Å². The lowest BCUT2D eigenvalue weighted by molar-refractivity contribution is 0.0997. The number of furan rings is 1. The van der Waals surface area contributed by atoms with Crippen molar-refractivity contribution in [2.75, 3.05) is 5.32 Å². The Kier molecular flexibility index (Phi) is 2.77. The molecule has 0 aliphatic rings. The fourth-order valence-electron chi connectivity index (χ4n) is 1.61. The van der Waals surface area contributed by atoms with Crippen LogP contribution in [0.3, 0.4) is 0 Å². The normalized spacial score (nSPS) is 10.7. The number of hydrogen-bond acceptors (Lipinski definition) is 4. The quantitative estimate of drug-likeness (QED) is 0.776. The summed E-state index contributed by atoms with van der Waals surface area (Å²) in [6.45, 7) is 0. The maximum atomic E-state index is 11.9. The number of benzene rings is 1. The zero-order chi connectivity index (χ0) is 12.5. The lowest BCUT2D eigenvalue weighted by Crippen LogP contribution is -2.10. The number of amides is 1. The zero-order valence-electron chi connectivity index (χ0n) is 9.01. The Morgan fingerprint density at radius 2 is 2.28 bits per heavy atom. The van der Waals surface area contributed by atoms with Gasteiger partial charge in [-0.1, -0.05) is 11.6 Å². The van der Waals surface area contributed by atoms with E-state index in [4.69, 9.17) is 16.0 Å². The summed E-state index contributed by atoms with van der Waals surface area (Å²) in [5, 5.41) is 3.35. The highest BCUT2D eigenvalue weighted by Crippen LogP contribution is 2.32. The Hall–Kier alpha value is -1.85. The predicted molar refractivity (Wildman–Crippen MR) is 71.3 cm³/mol. The molecule has 90 valence electrons. The van der Waals surface area contributed by atoms with Crippen LogP contribution in [0.4, 0.5) is 5.69 Å². The second-order valence-electron chi connectivity index (χ2n) is 3.56. The summed E-state index contributed by atoms with van der Waals surface area (Å²) in [6, 6.07) is 6.74. The fraction of sp³-hybridized carbons (Fsp3) is 0. The standard InChI is InChI=1S/C12H7ClN2O2S/c13-7-3-4-8(11-10(7)14-6-18-11)15-12(16)9-2-1-5-17-9/h1-6H,(H,15,16). The summed E-state index contributed by atoms with van der Waals surface area (Å²) in [6.07, 6.45) is 1.46. The fourth-order valence-corrected chi connectivity index (χ4v) is 2.65. The van der Waals surface area contributed by atoms with Crippen LogP contribution in [-0.4, -0.2) is 10.9 Å². The molecule has 2 aromatic heterocycles. The first kappa shape index (κ1) is 11.3. The minimum absolute atomic E-state index is 0.266. The predicted octanol–water partition coefficient (Wildman–Crippen LogP) is 3.80. The van der Waals surface area contributed by atoms with E-state index in [0.29, 0.717) is 16.2 Å². The summed E-state index contributed by atoms with van der Waals surface area (Å²) in [7, 11) is 0. The minimum atomic E-state index is -0.294. The second-order valence-corrected chi connectivity index (χ2v) is 4.82. The molecule has 0 spiro atoms. The number of rotatable bonds is 2. The molecule has 0 atom stereocenters. The van der Waals surface area contributed by atoms with Gasteiger partial charge in [0.15, 0.2) is 5.76 Å². The summed E-state index contributed by atoms with van der Waals surface area (Å²) >= 11 is 7.45. The largest absolute Gasteiger partial charge is 0.459 e. The van der Waals surface area contributed by atoms with Crippen LogP contribution in [0.2, 0.25) is 5.02 Å². The first-order valence-electron chi connectivity index (χ1n) is 5.12. The van der Waals surface area contributed by atoms with E-state index in [1.165, 1.54) is 17.6 Å². The first-order chi connectivity index (χ1) is 8.75. The molecule has 0 unspecified atom stereocenters. The zero-order valence-corrected chi connectivity index (χ0v) is 10.6. The summed E-state index contributed by atoms with van der Waals surface area (Å²) in [4.78, 5) is 16.0. The highest BCUT2D eigenvalue weighted by Gasteiger charge is 2.13. The molecule has 0 saturated heterocycles. The highest BCUT2D eigenvalue weighted by atomic mass is 35.5. The third-order valence-corrected chi connectivity index (χ3v) is 3.59. The molecular formula is C12H7ClN2O2S. The van der Waals surface area contributed by atoms with Crippen LogP contribution < -0.4 is 5.32 Å². The van der Waals surface area contributed by atoms with E-state index in [2.05, 4.69) is 10.3 Å². The smallest absolute Gasteiger partial charge is 0.291 e. The number of thiazole rings is 1. The van der Waals surface area contributed by atoms with Crippen molar-refractivity contribution in [3.8, 4) is 0 Å². The van der Waals surface area contributed by atoms with Gasteiger partial charge < -0.3 is 9.73 Å². The van der Waals surface area contributed by atoms with Gasteiger partial charge in [-0.2, -0.15) is 0 Å². The SMILES string of the molecule is O=C(Nc1ccc(Cl)c2ncsc12)c1ccco1.